The Hall–Kier alpha value is -0.620. The summed E-state index contributed by atoms with van der Waals surface area (Å²) in [4.78, 5) is 3.42. The van der Waals surface area contributed by atoms with Crippen LogP contribution in [0.15, 0.2) is 17.0 Å². The van der Waals surface area contributed by atoms with Crippen molar-refractivity contribution in [2.24, 2.45) is 5.73 Å². The van der Waals surface area contributed by atoms with Crippen molar-refractivity contribution in [1.82, 2.24) is 4.90 Å². The van der Waals surface area contributed by atoms with Crippen molar-refractivity contribution in [3.8, 4) is 11.5 Å². The lowest BCUT2D eigenvalue weighted by Crippen LogP contribution is -2.43. The number of nitrogens with two attached hydrogens (primary N) is 1. The van der Waals surface area contributed by atoms with Crippen molar-refractivity contribution in [1.29, 1.82) is 0 Å². The molecule has 0 bridgehead atoms. The van der Waals surface area contributed by atoms with Crippen molar-refractivity contribution < 1.29 is 9.47 Å². The molecule has 0 saturated heterocycles. The number of benzene rings is 1. The second kappa shape index (κ2) is 8.73. The molecule has 0 saturated carbocycles. The molecular formula is C15H27ClN2O2S. The van der Waals surface area contributed by atoms with Crippen LogP contribution >= 0.6 is 24.2 Å². The van der Waals surface area contributed by atoms with E-state index in [0.29, 0.717) is 0 Å². The van der Waals surface area contributed by atoms with Crippen LogP contribution in [-0.2, 0) is 6.54 Å². The summed E-state index contributed by atoms with van der Waals surface area (Å²) in [6.45, 7) is 5.73. The number of methoxy groups -OCH3 is 2. The first kappa shape index (κ1) is 20.4. The van der Waals surface area contributed by atoms with Gasteiger partial charge < -0.3 is 20.1 Å². The number of likely N-dealkylation sites (N-methyl/N-ethyl adjacent to an activating group) is 1. The van der Waals surface area contributed by atoms with Gasteiger partial charge in [0.1, 0.15) is 0 Å². The third-order valence-corrected chi connectivity index (χ3v) is 3.72. The lowest BCUT2D eigenvalue weighted by atomic mass is 10.1. The van der Waals surface area contributed by atoms with Crippen molar-refractivity contribution in [2.75, 3.05) is 34.1 Å². The van der Waals surface area contributed by atoms with E-state index in [0.717, 1.165) is 24.6 Å². The summed E-state index contributed by atoms with van der Waals surface area (Å²) in [6, 6.07) is 4.07. The molecule has 122 valence electrons. The van der Waals surface area contributed by atoms with Gasteiger partial charge in [0, 0.05) is 23.5 Å². The first-order valence-electron chi connectivity index (χ1n) is 6.57. The Morgan fingerprint density at radius 2 is 1.71 bits per heavy atom. The quantitative estimate of drug-likeness (QED) is 0.777. The summed E-state index contributed by atoms with van der Waals surface area (Å²) in [5, 5.41) is 0. The van der Waals surface area contributed by atoms with E-state index in [-0.39, 0.29) is 17.9 Å². The number of thioether (sulfide) groups is 1. The largest absolute Gasteiger partial charge is 0.493 e. The number of hydrogen-bond acceptors (Lipinski definition) is 5. The van der Waals surface area contributed by atoms with Crippen molar-refractivity contribution >= 4 is 24.2 Å². The summed E-state index contributed by atoms with van der Waals surface area (Å²) in [5.74, 6) is 1.53. The van der Waals surface area contributed by atoms with E-state index < -0.39 is 0 Å². The Bertz CT molecular complexity index is 450. The molecule has 4 nitrogen and oxygen atoms in total. The van der Waals surface area contributed by atoms with Gasteiger partial charge in [0.2, 0.25) is 0 Å². The molecule has 1 aromatic carbocycles. The zero-order valence-electron chi connectivity index (χ0n) is 13.7. The van der Waals surface area contributed by atoms with E-state index in [4.69, 9.17) is 15.2 Å². The molecule has 0 radical (unpaired) electrons. The van der Waals surface area contributed by atoms with Gasteiger partial charge in [0.15, 0.2) is 11.5 Å². The third kappa shape index (κ3) is 6.34. The van der Waals surface area contributed by atoms with Crippen molar-refractivity contribution in [3.63, 3.8) is 0 Å². The zero-order valence-corrected chi connectivity index (χ0v) is 15.4. The fraction of sp³-hybridized carbons (Fsp3) is 0.600. The molecule has 0 aliphatic heterocycles. The maximum atomic E-state index is 6.07. The molecule has 0 amide bonds. The fourth-order valence-electron chi connectivity index (χ4n) is 2.26. The Labute approximate surface area is 138 Å². The molecule has 0 fully saturated rings. The average Bonchev–Trinajstić information content (AvgIpc) is 2.35. The zero-order chi connectivity index (χ0) is 15.3. The molecule has 1 rings (SSSR count). The van der Waals surface area contributed by atoms with Gasteiger partial charge in [-0.2, -0.15) is 0 Å². The molecule has 2 N–H and O–H groups in total. The molecule has 21 heavy (non-hydrogen) atoms. The molecule has 0 spiro atoms. The van der Waals surface area contributed by atoms with Crippen LogP contribution in [0.1, 0.15) is 19.4 Å². The lowest BCUT2D eigenvalue weighted by Gasteiger charge is -2.27. The maximum Gasteiger partial charge on any atom is 0.161 e. The summed E-state index contributed by atoms with van der Waals surface area (Å²) < 4.78 is 10.7. The molecule has 0 aliphatic rings. The normalized spacial score (nSPS) is 11.2. The molecule has 0 aliphatic carbocycles. The van der Waals surface area contributed by atoms with Gasteiger partial charge in [0.25, 0.3) is 0 Å². The lowest BCUT2D eigenvalue weighted by molar-refractivity contribution is 0.261. The Kier molecular flexibility index (Phi) is 8.48. The number of nitrogens with zero attached hydrogens (tertiary/aromatic N) is 1. The van der Waals surface area contributed by atoms with Crippen LogP contribution in [-0.4, -0.2) is 44.5 Å². The maximum absolute atomic E-state index is 6.07. The number of halogens is 1. The molecular weight excluding hydrogens is 308 g/mol. The number of ether oxygens (including phenoxy) is 2. The van der Waals surface area contributed by atoms with Crippen LogP contribution in [0.4, 0.5) is 0 Å². The highest BCUT2D eigenvalue weighted by Gasteiger charge is 2.17. The van der Waals surface area contributed by atoms with E-state index in [1.807, 2.05) is 26.0 Å². The first-order valence-corrected chi connectivity index (χ1v) is 7.79. The molecule has 0 heterocycles. The van der Waals surface area contributed by atoms with Crippen LogP contribution in [0.25, 0.3) is 0 Å². The van der Waals surface area contributed by atoms with Crippen molar-refractivity contribution in [3.05, 3.63) is 17.7 Å². The van der Waals surface area contributed by atoms with E-state index >= 15 is 0 Å². The smallest absolute Gasteiger partial charge is 0.161 e. The molecule has 0 unspecified atom stereocenters. The predicted molar refractivity (Wildman–Crippen MR) is 93.2 cm³/mol. The SMILES string of the molecule is COc1cc(CN(C)CC(C)(C)N)c(SC)cc1OC.Cl. The van der Waals surface area contributed by atoms with Gasteiger partial charge in [-0.3, -0.25) is 0 Å². The highest BCUT2D eigenvalue weighted by molar-refractivity contribution is 7.98. The molecule has 0 aromatic heterocycles. The number of rotatable bonds is 7. The highest BCUT2D eigenvalue weighted by Crippen LogP contribution is 2.35. The predicted octanol–water partition coefficient (Wildman–Crippen LogP) is 3.02. The van der Waals surface area contributed by atoms with E-state index in [1.165, 1.54) is 10.5 Å². The van der Waals surface area contributed by atoms with E-state index in [1.54, 1.807) is 26.0 Å². The van der Waals surface area contributed by atoms with Gasteiger partial charge in [-0.25, -0.2) is 0 Å². The fourth-order valence-corrected chi connectivity index (χ4v) is 2.87. The van der Waals surface area contributed by atoms with Gasteiger partial charge in [0.05, 0.1) is 14.2 Å². The van der Waals surface area contributed by atoms with Crippen LogP contribution in [0, 0.1) is 0 Å². The minimum Gasteiger partial charge on any atom is -0.493 e. The van der Waals surface area contributed by atoms with E-state index in [2.05, 4.69) is 18.2 Å². The van der Waals surface area contributed by atoms with E-state index in [9.17, 15) is 0 Å². The molecule has 0 atom stereocenters. The third-order valence-electron chi connectivity index (χ3n) is 2.90. The first-order chi connectivity index (χ1) is 9.30. The summed E-state index contributed by atoms with van der Waals surface area (Å²) in [6.07, 6.45) is 2.07. The number of hydrogen-bond donors (Lipinski definition) is 1. The molecule has 6 heteroatoms. The highest BCUT2D eigenvalue weighted by atomic mass is 35.5. The Morgan fingerprint density at radius 3 is 2.14 bits per heavy atom. The summed E-state index contributed by atoms with van der Waals surface area (Å²) >= 11 is 1.71. The standard InChI is InChI=1S/C15H26N2O2S.ClH/c1-15(2,16)10-17(3)9-11-7-12(18-4)13(19-5)8-14(11)20-6;/h7-8H,9-10,16H2,1-6H3;1H. The second-order valence-corrected chi connectivity index (χ2v) is 6.53. The minimum atomic E-state index is -0.204. The Balaban J connectivity index is 0.00000400. The van der Waals surface area contributed by atoms with Crippen LogP contribution in [0.3, 0.4) is 0 Å². The van der Waals surface area contributed by atoms with Crippen LogP contribution < -0.4 is 15.2 Å². The minimum absolute atomic E-state index is 0. The van der Waals surface area contributed by atoms with Crippen molar-refractivity contribution in [2.45, 2.75) is 30.8 Å². The summed E-state index contributed by atoms with van der Waals surface area (Å²) in [7, 11) is 5.40. The topological polar surface area (TPSA) is 47.7 Å². The summed E-state index contributed by atoms with van der Waals surface area (Å²) in [5.41, 5.74) is 7.09. The van der Waals surface area contributed by atoms with Crippen LogP contribution in [0.5, 0.6) is 11.5 Å². The Morgan fingerprint density at radius 1 is 1.19 bits per heavy atom. The van der Waals surface area contributed by atoms with Gasteiger partial charge in [-0.05, 0) is 44.8 Å². The van der Waals surface area contributed by atoms with Gasteiger partial charge >= 0.3 is 0 Å². The monoisotopic (exact) mass is 334 g/mol. The van der Waals surface area contributed by atoms with Crippen LogP contribution in [0.2, 0.25) is 0 Å². The average molecular weight is 335 g/mol. The molecule has 1 aromatic rings. The van der Waals surface area contributed by atoms with Gasteiger partial charge in [-0.1, -0.05) is 0 Å². The van der Waals surface area contributed by atoms with Gasteiger partial charge in [-0.15, -0.1) is 24.2 Å². The second-order valence-electron chi connectivity index (χ2n) is 5.68.